The zero-order valence-electron chi connectivity index (χ0n) is 34.1. The second kappa shape index (κ2) is 21.1. The number of aryl methyl sites for hydroxylation is 4. The highest BCUT2D eigenvalue weighted by Crippen LogP contribution is 2.38. The van der Waals surface area contributed by atoms with Gasteiger partial charge in [0.2, 0.25) is 0 Å². The molecule has 8 aromatic rings. The number of aliphatic hydroxyl groups excluding tert-OH is 2. The van der Waals surface area contributed by atoms with Gasteiger partial charge < -0.3 is 28.5 Å². The van der Waals surface area contributed by atoms with Crippen LogP contribution in [0.5, 0.6) is 0 Å². The molecular weight excluding hydrogens is 801 g/mol. The highest BCUT2D eigenvalue weighted by Gasteiger charge is 2.22. The van der Waals surface area contributed by atoms with Crippen LogP contribution in [0.25, 0.3) is 44.9 Å². The van der Waals surface area contributed by atoms with Gasteiger partial charge in [-0.05, 0) is 100 Å². The van der Waals surface area contributed by atoms with E-state index in [0.717, 1.165) is 59.2 Å². The maximum absolute atomic E-state index is 10.4. The lowest BCUT2D eigenvalue weighted by atomic mass is 10.1. The van der Waals surface area contributed by atoms with Crippen LogP contribution in [0.2, 0.25) is 0 Å². The first kappa shape index (κ1) is 46.4. The Hall–Kier alpha value is -6.26. The van der Waals surface area contributed by atoms with Crippen molar-refractivity contribution in [3.8, 4) is 33.9 Å². The van der Waals surface area contributed by atoms with E-state index < -0.39 is 20.2 Å². The van der Waals surface area contributed by atoms with Crippen molar-refractivity contribution >= 4 is 31.3 Å². The zero-order valence-corrected chi connectivity index (χ0v) is 35.7. The molecule has 0 saturated heterocycles. The average Bonchev–Trinajstić information content (AvgIpc) is 3.81. The van der Waals surface area contributed by atoms with Gasteiger partial charge in [-0.15, -0.1) is 0 Å². The van der Waals surface area contributed by atoms with Crippen LogP contribution in [-0.4, -0.2) is 59.5 Å². The van der Waals surface area contributed by atoms with Gasteiger partial charge in [0, 0.05) is 37.7 Å². The fourth-order valence-electron chi connectivity index (χ4n) is 6.04. The number of nitrogens with zero attached hydrogens (tertiary/aromatic N) is 2. The van der Waals surface area contributed by atoms with Crippen molar-refractivity contribution in [2.75, 3.05) is 14.2 Å². The normalized spacial score (nSPS) is 10.8. The third-order valence-electron chi connectivity index (χ3n) is 8.98. The second-order valence-electron chi connectivity index (χ2n) is 13.3. The molecule has 0 atom stereocenters. The van der Waals surface area contributed by atoms with Crippen LogP contribution in [0.3, 0.4) is 0 Å². The molecule has 0 radical (unpaired) electrons. The minimum absolute atomic E-state index is 0.178. The first-order valence-electron chi connectivity index (χ1n) is 18.5. The van der Waals surface area contributed by atoms with Crippen LogP contribution >= 0.6 is 0 Å². The number of nitrogens with one attached hydrogen (secondary N) is 2. The molecule has 0 fully saturated rings. The van der Waals surface area contributed by atoms with E-state index in [4.69, 9.17) is 10.2 Å². The lowest BCUT2D eigenvalue weighted by Crippen LogP contribution is -2.02. The maximum Gasteiger partial charge on any atom is 0.176 e. The Bertz CT molecular complexity index is 2590. The number of aliphatic hydroxyl groups is 2. The summed E-state index contributed by atoms with van der Waals surface area (Å²) in [4.78, 5) is 6.14. The third-order valence-corrected chi connectivity index (χ3v) is 10.7. The summed E-state index contributed by atoms with van der Waals surface area (Å²) in [5.74, 6) is 0. The summed E-state index contributed by atoms with van der Waals surface area (Å²) in [5.41, 5.74) is 13.6. The Morgan fingerprint density at radius 2 is 0.733 bits per heavy atom. The van der Waals surface area contributed by atoms with Crippen molar-refractivity contribution < 1.29 is 46.1 Å². The van der Waals surface area contributed by atoms with Crippen LogP contribution in [-0.2, 0) is 20.2 Å². The number of hydrogen-bond donors (Lipinski definition) is 2. The quantitative estimate of drug-likeness (QED) is 0.167. The van der Waals surface area contributed by atoms with Gasteiger partial charge in [-0.1, -0.05) is 70.8 Å². The average molecular weight is 849 g/mol. The molecule has 4 heterocycles. The van der Waals surface area contributed by atoms with Crippen molar-refractivity contribution in [3.63, 3.8) is 0 Å². The largest absolute Gasteiger partial charge is 0.744 e. The van der Waals surface area contributed by atoms with E-state index >= 15 is 0 Å². The van der Waals surface area contributed by atoms with Gasteiger partial charge in [-0.2, -0.15) is 0 Å². The van der Waals surface area contributed by atoms with E-state index in [1.807, 2.05) is 38.4 Å². The number of aromatic amines is 2. The molecule has 0 spiro atoms. The lowest BCUT2D eigenvalue weighted by Gasteiger charge is -2.11. The molecule has 14 heteroatoms. The van der Waals surface area contributed by atoms with Gasteiger partial charge in [0.05, 0.1) is 43.3 Å². The van der Waals surface area contributed by atoms with Gasteiger partial charge in [-0.25, -0.2) is 26.8 Å². The Morgan fingerprint density at radius 3 is 0.983 bits per heavy atom. The summed E-state index contributed by atoms with van der Waals surface area (Å²) in [6.45, 7) is 7.89. The van der Waals surface area contributed by atoms with Gasteiger partial charge in [0.15, 0.2) is 24.8 Å². The standard InChI is InChI=1S/C30H24N4.2C7H8O3S.2CH4O/c1-21-7-11-25(12-8-21)33-27(23-5-3-15-31-19-23)17-30-29(33)18-28(24-6-4-16-32-20-24)34(30)26-13-9-22(2)10-14-26;2*1-6-2-4-7(5-3-6)11(8,9)10;2*1-2/h3-20H,1-2H3;2*2-5H,1H3,(H,8,9,10);2*2H,1H3. The number of aromatic nitrogens is 4. The molecule has 0 aliphatic heterocycles. The van der Waals surface area contributed by atoms with Gasteiger partial charge in [0.25, 0.3) is 0 Å². The molecule has 0 saturated carbocycles. The molecule has 8 rings (SSSR count). The van der Waals surface area contributed by atoms with Gasteiger partial charge >= 0.3 is 0 Å². The summed E-state index contributed by atoms with van der Waals surface area (Å²) >= 11 is 0. The van der Waals surface area contributed by atoms with E-state index in [9.17, 15) is 25.9 Å². The number of pyridine rings is 2. The summed E-state index contributed by atoms with van der Waals surface area (Å²) in [7, 11) is -6.54. The topological polar surface area (TPSA) is 193 Å². The molecule has 0 amide bonds. The first-order chi connectivity index (χ1) is 28.7. The van der Waals surface area contributed by atoms with Crippen LogP contribution < -0.4 is 9.97 Å². The number of H-pyrrole nitrogens is 2. The highest BCUT2D eigenvalue weighted by atomic mass is 32.2. The van der Waals surface area contributed by atoms with Crippen LogP contribution in [0.15, 0.2) is 168 Å². The minimum atomic E-state index is -4.27. The number of rotatable bonds is 6. The number of benzene rings is 4. The van der Waals surface area contributed by atoms with E-state index in [0.29, 0.717) is 0 Å². The Balaban J connectivity index is 0.000000250. The van der Waals surface area contributed by atoms with Crippen molar-refractivity contribution in [2.45, 2.75) is 37.5 Å². The molecule has 0 unspecified atom stereocenters. The highest BCUT2D eigenvalue weighted by molar-refractivity contribution is 7.86. The molecule has 12 nitrogen and oxygen atoms in total. The van der Waals surface area contributed by atoms with E-state index in [1.54, 1.807) is 24.3 Å². The predicted octanol–water partition coefficient (Wildman–Crippen LogP) is 7.02. The number of hydrogen-bond acceptors (Lipinski definition) is 8. The molecule has 60 heavy (non-hydrogen) atoms. The maximum atomic E-state index is 10.4. The third kappa shape index (κ3) is 11.9. The van der Waals surface area contributed by atoms with Crippen molar-refractivity contribution in [1.82, 2.24) is 9.13 Å². The summed E-state index contributed by atoms with van der Waals surface area (Å²) in [6.07, 6.45) is 8.00. The van der Waals surface area contributed by atoms with E-state index in [2.05, 4.69) is 118 Å². The van der Waals surface area contributed by atoms with Crippen molar-refractivity contribution in [1.29, 1.82) is 0 Å². The zero-order chi connectivity index (χ0) is 44.0. The van der Waals surface area contributed by atoms with Gasteiger partial charge in [0.1, 0.15) is 20.2 Å². The van der Waals surface area contributed by atoms with Crippen LogP contribution in [0.4, 0.5) is 0 Å². The number of fused-ring (bicyclic) bond motifs is 1. The molecule has 4 aromatic carbocycles. The summed E-state index contributed by atoms with van der Waals surface area (Å²) < 4.78 is 67.1. The van der Waals surface area contributed by atoms with Crippen LogP contribution in [0, 0.1) is 27.7 Å². The van der Waals surface area contributed by atoms with Crippen molar-refractivity contribution in [3.05, 3.63) is 181 Å². The molecule has 0 aliphatic rings. The van der Waals surface area contributed by atoms with E-state index in [-0.39, 0.29) is 9.79 Å². The van der Waals surface area contributed by atoms with Crippen LogP contribution in [0.1, 0.15) is 22.3 Å². The minimum Gasteiger partial charge on any atom is -0.744 e. The SMILES string of the molecule is CO.CO.Cc1ccc(-n2c(-c3ccc[nH+]c3)cc3c2cc(-c2ccc[nH+]c2)n3-c2ccc(C)cc2)cc1.Cc1ccc(S(=O)(=O)[O-])cc1.Cc1ccc(S(=O)(=O)[O-])cc1. The van der Waals surface area contributed by atoms with Crippen molar-refractivity contribution in [2.24, 2.45) is 0 Å². The smallest absolute Gasteiger partial charge is 0.176 e. The molecule has 312 valence electrons. The summed E-state index contributed by atoms with van der Waals surface area (Å²) in [5, 5.41) is 14.0. The fraction of sp³-hybridized carbons (Fsp3) is 0.130. The molecule has 4 N–H and O–H groups in total. The fourth-order valence-corrected chi connectivity index (χ4v) is 6.98. The van der Waals surface area contributed by atoms with E-state index in [1.165, 1.54) is 46.4 Å². The monoisotopic (exact) mass is 848 g/mol. The lowest BCUT2D eigenvalue weighted by molar-refractivity contribution is -0.377. The molecular formula is C46H48N4O8S2. The predicted molar refractivity (Wildman–Crippen MR) is 231 cm³/mol. The Kier molecular flexibility index (Phi) is 16.4. The Labute approximate surface area is 351 Å². The molecule has 0 aliphatic carbocycles. The summed E-state index contributed by atoms with van der Waals surface area (Å²) in [6, 6.07) is 42.0. The second-order valence-corrected chi connectivity index (χ2v) is 16.0. The Morgan fingerprint density at radius 1 is 0.450 bits per heavy atom. The molecule has 4 aromatic heterocycles. The molecule has 0 bridgehead atoms. The first-order valence-corrected chi connectivity index (χ1v) is 21.3. The van der Waals surface area contributed by atoms with Gasteiger partial charge in [-0.3, -0.25) is 0 Å².